The minimum absolute atomic E-state index is 0.0226. The molecule has 0 radical (unpaired) electrons. The highest BCUT2D eigenvalue weighted by Crippen LogP contribution is 2.25. The van der Waals surface area contributed by atoms with Gasteiger partial charge in [0.2, 0.25) is 5.09 Å². The summed E-state index contributed by atoms with van der Waals surface area (Å²) >= 11 is 0. The summed E-state index contributed by atoms with van der Waals surface area (Å²) in [7, 11) is -3.53. The summed E-state index contributed by atoms with van der Waals surface area (Å²) in [5.41, 5.74) is 0. The maximum Gasteiger partial charge on any atom is 0.274 e. The van der Waals surface area contributed by atoms with Crippen LogP contribution in [0, 0.1) is 5.92 Å². The van der Waals surface area contributed by atoms with Gasteiger partial charge in [-0.05, 0) is 56.7 Å². The van der Waals surface area contributed by atoms with Crippen LogP contribution >= 0.6 is 0 Å². The molecule has 2 N–H and O–H groups in total. The van der Waals surface area contributed by atoms with E-state index in [1.807, 2.05) is 0 Å². The minimum Gasteiger partial charge on any atom is -0.447 e. The molecule has 2 rings (SSSR count). The first kappa shape index (κ1) is 16.5. The zero-order valence-corrected chi connectivity index (χ0v) is 13.7. The molecule has 6 heteroatoms. The lowest BCUT2D eigenvalue weighted by atomic mass is 9.88. The Morgan fingerprint density at radius 1 is 1.24 bits per heavy atom. The summed E-state index contributed by atoms with van der Waals surface area (Å²) in [5.74, 6) is 1.35. The lowest BCUT2D eigenvalue weighted by Gasteiger charge is -2.26. The van der Waals surface area contributed by atoms with Crippen molar-refractivity contribution < 1.29 is 12.8 Å². The largest absolute Gasteiger partial charge is 0.447 e. The number of hydrogen-bond acceptors (Lipinski definition) is 4. The second-order valence-electron chi connectivity index (χ2n) is 5.98. The van der Waals surface area contributed by atoms with Crippen LogP contribution in [0.5, 0.6) is 0 Å². The summed E-state index contributed by atoms with van der Waals surface area (Å²) < 4.78 is 32.8. The summed E-state index contributed by atoms with van der Waals surface area (Å²) in [6.07, 6.45) is 5.01. The van der Waals surface area contributed by atoms with E-state index in [1.54, 1.807) is 6.07 Å². The molecule has 1 saturated carbocycles. The Hall–Kier alpha value is -0.850. The zero-order valence-electron chi connectivity index (χ0n) is 12.9. The van der Waals surface area contributed by atoms with Crippen molar-refractivity contribution in [1.29, 1.82) is 0 Å². The van der Waals surface area contributed by atoms with Crippen molar-refractivity contribution >= 4 is 10.0 Å². The van der Waals surface area contributed by atoms with Gasteiger partial charge in [-0.3, -0.25) is 0 Å². The van der Waals surface area contributed by atoms with E-state index in [4.69, 9.17) is 4.42 Å². The molecule has 120 valence electrons. The first-order chi connectivity index (χ1) is 10.0. The molecule has 0 unspecified atom stereocenters. The molecule has 1 heterocycles. The van der Waals surface area contributed by atoms with E-state index in [0.717, 1.165) is 38.6 Å². The third-order valence-corrected chi connectivity index (χ3v) is 5.36. The first-order valence-electron chi connectivity index (χ1n) is 7.83. The fraction of sp³-hybridized carbons (Fsp3) is 0.733. The van der Waals surface area contributed by atoms with Crippen LogP contribution in [0.3, 0.4) is 0 Å². The SMILES string of the molecule is CCCNCc1ccc(S(=O)(=O)NC2CCC(C)CC2)o1. The van der Waals surface area contributed by atoms with Crippen LogP contribution < -0.4 is 10.0 Å². The minimum atomic E-state index is -3.53. The van der Waals surface area contributed by atoms with Gasteiger partial charge in [-0.1, -0.05) is 13.8 Å². The standard InChI is InChI=1S/C15H26N2O3S/c1-3-10-16-11-14-8-9-15(20-14)21(18,19)17-13-6-4-12(2)5-7-13/h8-9,12-13,16-17H,3-7,10-11H2,1-2H3. The Labute approximate surface area is 127 Å². The molecule has 0 aliphatic heterocycles. The maximum atomic E-state index is 12.3. The third-order valence-electron chi connectivity index (χ3n) is 3.97. The molecule has 0 atom stereocenters. The molecule has 0 amide bonds. The number of sulfonamides is 1. The molecule has 0 aromatic carbocycles. The Morgan fingerprint density at radius 3 is 2.62 bits per heavy atom. The van der Waals surface area contributed by atoms with E-state index in [2.05, 4.69) is 23.9 Å². The highest BCUT2D eigenvalue weighted by atomic mass is 32.2. The number of nitrogens with one attached hydrogen (secondary N) is 2. The van der Waals surface area contributed by atoms with Crippen LogP contribution in [0.4, 0.5) is 0 Å². The first-order valence-corrected chi connectivity index (χ1v) is 9.31. The highest BCUT2D eigenvalue weighted by Gasteiger charge is 2.26. The Balaban J connectivity index is 1.93. The van der Waals surface area contributed by atoms with Crippen molar-refractivity contribution in [3.8, 4) is 0 Å². The predicted octanol–water partition coefficient (Wildman–Crippen LogP) is 2.64. The number of rotatable bonds is 7. The second kappa shape index (κ2) is 7.42. The van der Waals surface area contributed by atoms with Crippen molar-refractivity contribution in [1.82, 2.24) is 10.0 Å². The normalized spacial score (nSPS) is 23.3. The number of hydrogen-bond donors (Lipinski definition) is 2. The van der Waals surface area contributed by atoms with Gasteiger partial charge in [-0.2, -0.15) is 0 Å². The molecule has 0 bridgehead atoms. The molecule has 1 aliphatic carbocycles. The summed E-state index contributed by atoms with van der Waals surface area (Å²) in [4.78, 5) is 0. The van der Waals surface area contributed by atoms with Crippen LogP contribution in [0.25, 0.3) is 0 Å². The lowest BCUT2D eigenvalue weighted by Crippen LogP contribution is -2.37. The van der Waals surface area contributed by atoms with Crippen LogP contribution in [0.15, 0.2) is 21.6 Å². The van der Waals surface area contributed by atoms with Gasteiger partial charge in [0.25, 0.3) is 10.0 Å². The molecular weight excluding hydrogens is 288 g/mol. The smallest absolute Gasteiger partial charge is 0.274 e. The van der Waals surface area contributed by atoms with Gasteiger partial charge in [0.05, 0.1) is 6.54 Å². The monoisotopic (exact) mass is 314 g/mol. The topological polar surface area (TPSA) is 71.3 Å². The molecule has 1 aromatic rings. The van der Waals surface area contributed by atoms with Crippen molar-refractivity contribution in [3.05, 3.63) is 17.9 Å². The Bertz CT molecular complexity index is 531. The molecular formula is C15H26N2O3S. The predicted molar refractivity (Wildman–Crippen MR) is 82.4 cm³/mol. The van der Waals surface area contributed by atoms with E-state index in [9.17, 15) is 8.42 Å². The van der Waals surface area contributed by atoms with Crippen LogP contribution in [-0.2, 0) is 16.6 Å². The molecule has 5 nitrogen and oxygen atoms in total. The van der Waals surface area contributed by atoms with Crippen molar-refractivity contribution in [2.45, 2.75) is 63.6 Å². The second-order valence-corrected chi connectivity index (χ2v) is 7.62. The van der Waals surface area contributed by atoms with Gasteiger partial charge in [0, 0.05) is 6.04 Å². The molecule has 0 saturated heterocycles. The highest BCUT2D eigenvalue weighted by molar-refractivity contribution is 7.89. The quantitative estimate of drug-likeness (QED) is 0.759. The number of furan rings is 1. The van der Waals surface area contributed by atoms with Crippen LogP contribution in [0.1, 0.15) is 51.7 Å². The van der Waals surface area contributed by atoms with Gasteiger partial charge in [-0.15, -0.1) is 0 Å². The maximum absolute atomic E-state index is 12.3. The van der Waals surface area contributed by atoms with E-state index < -0.39 is 10.0 Å². The zero-order chi connectivity index (χ0) is 15.3. The molecule has 1 aromatic heterocycles. The van der Waals surface area contributed by atoms with Crippen molar-refractivity contribution in [2.24, 2.45) is 5.92 Å². The van der Waals surface area contributed by atoms with E-state index >= 15 is 0 Å². The van der Waals surface area contributed by atoms with Gasteiger partial charge in [0.15, 0.2) is 0 Å². The van der Waals surface area contributed by atoms with Gasteiger partial charge in [0.1, 0.15) is 5.76 Å². The third kappa shape index (κ3) is 4.83. The summed E-state index contributed by atoms with van der Waals surface area (Å²) in [6, 6.07) is 3.30. The van der Waals surface area contributed by atoms with E-state index in [-0.39, 0.29) is 11.1 Å². The Morgan fingerprint density at radius 2 is 1.95 bits per heavy atom. The molecule has 1 fully saturated rings. The van der Waals surface area contributed by atoms with Crippen molar-refractivity contribution in [3.63, 3.8) is 0 Å². The van der Waals surface area contributed by atoms with Crippen molar-refractivity contribution in [2.75, 3.05) is 6.54 Å². The summed E-state index contributed by atoms with van der Waals surface area (Å²) in [5, 5.41) is 3.22. The van der Waals surface area contributed by atoms with E-state index in [0.29, 0.717) is 18.2 Å². The van der Waals surface area contributed by atoms with Crippen LogP contribution in [0.2, 0.25) is 0 Å². The van der Waals surface area contributed by atoms with Gasteiger partial charge < -0.3 is 9.73 Å². The van der Waals surface area contributed by atoms with E-state index in [1.165, 1.54) is 6.07 Å². The molecule has 1 aliphatic rings. The molecule has 21 heavy (non-hydrogen) atoms. The van der Waals surface area contributed by atoms with Gasteiger partial charge >= 0.3 is 0 Å². The fourth-order valence-electron chi connectivity index (χ4n) is 2.64. The lowest BCUT2D eigenvalue weighted by molar-refractivity contribution is 0.328. The molecule has 0 spiro atoms. The summed E-state index contributed by atoms with van der Waals surface area (Å²) in [6.45, 7) is 5.75. The fourth-order valence-corrected chi connectivity index (χ4v) is 3.90. The van der Waals surface area contributed by atoms with Crippen LogP contribution in [-0.4, -0.2) is 21.0 Å². The average molecular weight is 314 g/mol. The average Bonchev–Trinajstić information content (AvgIpc) is 2.91. The van der Waals surface area contributed by atoms with Gasteiger partial charge in [-0.25, -0.2) is 13.1 Å². The Kier molecular flexibility index (Phi) is 5.84.